The number of carbonyl (C=O) groups excluding carboxylic acids is 1. The predicted molar refractivity (Wildman–Crippen MR) is 112 cm³/mol. The van der Waals surface area contributed by atoms with Gasteiger partial charge in [-0.05, 0) is 60.4 Å². The van der Waals surface area contributed by atoms with Gasteiger partial charge < -0.3 is 9.64 Å². The maximum atomic E-state index is 12.6. The third-order valence-corrected chi connectivity index (χ3v) is 5.19. The Kier molecular flexibility index (Phi) is 6.17. The van der Waals surface area contributed by atoms with E-state index in [0.717, 1.165) is 49.5 Å². The number of rotatable bonds is 9. The molecule has 1 unspecified atom stereocenters. The van der Waals surface area contributed by atoms with Crippen molar-refractivity contribution in [3.05, 3.63) is 48.8 Å². The van der Waals surface area contributed by atoms with Gasteiger partial charge in [-0.2, -0.15) is 5.21 Å². The molecule has 3 heterocycles. The van der Waals surface area contributed by atoms with E-state index < -0.39 is 0 Å². The Bertz CT molecular complexity index is 932. The first kappa shape index (κ1) is 19.8. The van der Waals surface area contributed by atoms with Gasteiger partial charge >= 0.3 is 6.03 Å². The maximum absolute atomic E-state index is 12.6. The zero-order chi connectivity index (χ0) is 20.8. The van der Waals surface area contributed by atoms with Gasteiger partial charge in [0.2, 0.25) is 5.82 Å². The third-order valence-electron chi connectivity index (χ3n) is 5.19. The van der Waals surface area contributed by atoms with E-state index in [1.165, 1.54) is 0 Å². The Morgan fingerprint density at radius 1 is 1.13 bits per heavy atom. The van der Waals surface area contributed by atoms with Crippen molar-refractivity contribution in [1.29, 1.82) is 0 Å². The molecule has 1 N–H and O–H groups in total. The second-order valence-electron chi connectivity index (χ2n) is 7.44. The molecule has 0 radical (unpaired) electrons. The highest BCUT2D eigenvalue weighted by atomic mass is 16.5. The average molecular weight is 407 g/mol. The van der Waals surface area contributed by atoms with Crippen LogP contribution in [0.5, 0.6) is 5.75 Å². The smallest absolute Gasteiger partial charge is 0.324 e. The van der Waals surface area contributed by atoms with Crippen LogP contribution >= 0.6 is 0 Å². The number of H-pyrrole nitrogens is 1. The van der Waals surface area contributed by atoms with E-state index in [-0.39, 0.29) is 6.03 Å². The summed E-state index contributed by atoms with van der Waals surface area (Å²) in [6.45, 7) is 5.06. The number of hydrogen-bond donors (Lipinski definition) is 1. The molecule has 0 spiro atoms. The van der Waals surface area contributed by atoms with Crippen LogP contribution in [0.25, 0.3) is 11.4 Å². The van der Waals surface area contributed by atoms with E-state index in [2.05, 4.69) is 32.5 Å². The molecule has 156 valence electrons. The summed E-state index contributed by atoms with van der Waals surface area (Å²) in [6, 6.07) is 11.5. The Hall–Kier alpha value is -3.49. The highest BCUT2D eigenvalue weighted by Crippen LogP contribution is 2.21. The Morgan fingerprint density at radius 3 is 2.67 bits per heavy atom. The predicted octanol–water partition coefficient (Wildman–Crippen LogP) is 3.00. The molecular weight excluding hydrogens is 382 g/mol. The molecule has 9 nitrogen and oxygen atoms in total. The van der Waals surface area contributed by atoms with Crippen molar-refractivity contribution in [3.8, 4) is 17.1 Å². The number of nitrogens with zero attached hydrogens (tertiary/aromatic N) is 6. The molecule has 0 aliphatic carbocycles. The number of pyridine rings is 1. The SMILES string of the molecule is CC(CCCN1CCN(c2ccncc2)C1=O)COc1ccc(-c2nn[nH]n2)cc1. The van der Waals surface area contributed by atoms with E-state index in [9.17, 15) is 4.79 Å². The van der Waals surface area contributed by atoms with Gasteiger partial charge in [0.05, 0.1) is 6.61 Å². The highest BCUT2D eigenvalue weighted by Gasteiger charge is 2.28. The first-order chi connectivity index (χ1) is 14.7. The summed E-state index contributed by atoms with van der Waals surface area (Å²) in [5.41, 5.74) is 1.80. The molecule has 1 saturated heterocycles. The molecule has 2 aromatic heterocycles. The van der Waals surface area contributed by atoms with Crippen molar-refractivity contribution in [2.45, 2.75) is 19.8 Å². The standard InChI is InChI=1S/C21H25N7O2/c1-16(15-30-19-6-4-17(5-7-19)20-23-25-26-24-20)3-2-12-27-13-14-28(21(27)29)18-8-10-22-11-9-18/h4-11,16H,2-3,12-15H2,1H3,(H,23,24,25,26). The van der Waals surface area contributed by atoms with Gasteiger partial charge in [-0.1, -0.05) is 6.92 Å². The average Bonchev–Trinajstić information content (AvgIpc) is 3.44. The number of tetrazole rings is 1. The number of aromatic amines is 1. The van der Waals surface area contributed by atoms with Crippen LogP contribution in [0.2, 0.25) is 0 Å². The summed E-state index contributed by atoms with van der Waals surface area (Å²) in [7, 11) is 0. The first-order valence-corrected chi connectivity index (χ1v) is 10.1. The fourth-order valence-electron chi connectivity index (χ4n) is 3.49. The van der Waals surface area contributed by atoms with Crippen molar-refractivity contribution < 1.29 is 9.53 Å². The molecule has 2 amide bonds. The monoisotopic (exact) mass is 407 g/mol. The number of carbonyl (C=O) groups is 1. The van der Waals surface area contributed by atoms with E-state index in [1.807, 2.05) is 46.2 Å². The number of hydrogen-bond acceptors (Lipinski definition) is 6. The number of urea groups is 1. The van der Waals surface area contributed by atoms with E-state index in [0.29, 0.717) is 18.3 Å². The topological polar surface area (TPSA) is 100 Å². The molecular formula is C21H25N7O2. The number of benzene rings is 1. The van der Waals surface area contributed by atoms with Crippen LogP contribution in [0.15, 0.2) is 48.8 Å². The summed E-state index contributed by atoms with van der Waals surface area (Å²) >= 11 is 0. The van der Waals surface area contributed by atoms with Crippen LogP contribution in [0.4, 0.5) is 10.5 Å². The van der Waals surface area contributed by atoms with Crippen LogP contribution in [0, 0.1) is 5.92 Å². The number of nitrogens with one attached hydrogen (secondary N) is 1. The second kappa shape index (κ2) is 9.34. The Labute approximate surface area is 175 Å². The van der Waals surface area contributed by atoms with Crippen LogP contribution in [-0.4, -0.2) is 62.8 Å². The van der Waals surface area contributed by atoms with Crippen LogP contribution < -0.4 is 9.64 Å². The minimum absolute atomic E-state index is 0.0757. The molecule has 30 heavy (non-hydrogen) atoms. The fraction of sp³-hybridized carbons (Fsp3) is 0.381. The van der Waals surface area contributed by atoms with Crippen LogP contribution in [0.3, 0.4) is 0 Å². The molecule has 0 saturated carbocycles. The van der Waals surface area contributed by atoms with Crippen molar-refractivity contribution in [2.75, 3.05) is 31.1 Å². The molecule has 4 rings (SSSR count). The zero-order valence-corrected chi connectivity index (χ0v) is 16.9. The number of anilines is 1. The van der Waals surface area contributed by atoms with Gasteiger partial charge in [-0.15, -0.1) is 10.2 Å². The third kappa shape index (κ3) is 4.73. The molecule has 3 aromatic rings. The van der Waals surface area contributed by atoms with Gasteiger partial charge in [0.25, 0.3) is 0 Å². The first-order valence-electron chi connectivity index (χ1n) is 10.1. The number of aromatic nitrogens is 5. The molecule has 0 bridgehead atoms. The minimum Gasteiger partial charge on any atom is -0.493 e. The molecule has 1 aliphatic heterocycles. The summed E-state index contributed by atoms with van der Waals surface area (Å²) in [5, 5.41) is 13.9. The summed E-state index contributed by atoms with van der Waals surface area (Å²) < 4.78 is 5.90. The van der Waals surface area contributed by atoms with Gasteiger partial charge in [-0.3, -0.25) is 9.88 Å². The van der Waals surface area contributed by atoms with Gasteiger partial charge in [0, 0.05) is 43.3 Å². The van der Waals surface area contributed by atoms with Crippen molar-refractivity contribution in [3.63, 3.8) is 0 Å². The molecule has 1 aromatic carbocycles. The summed E-state index contributed by atoms with van der Waals surface area (Å²) in [5.74, 6) is 1.78. The van der Waals surface area contributed by atoms with Crippen LogP contribution in [-0.2, 0) is 0 Å². The van der Waals surface area contributed by atoms with Crippen molar-refractivity contribution in [1.82, 2.24) is 30.5 Å². The number of amides is 2. The summed E-state index contributed by atoms with van der Waals surface area (Å²) in [4.78, 5) is 20.3. The molecule has 1 fully saturated rings. The molecule has 1 aliphatic rings. The number of ether oxygens (including phenoxy) is 1. The lowest BCUT2D eigenvalue weighted by atomic mass is 10.1. The molecule has 1 atom stereocenters. The van der Waals surface area contributed by atoms with E-state index in [4.69, 9.17) is 4.74 Å². The Balaban J connectivity index is 1.17. The largest absolute Gasteiger partial charge is 0.493 e. The normalized spacial score (nSPS) is 14.9. The lowest BCUT2D eigenvalue weighted by Crippen LogP contribution is -2.32. The van der Waals surface area contributed by atoms with Gasteiger partial charge in [-0.25, -0.2) is 4.79 Å². The van der Waals surface area contributed by atoms with E-state index in [1.54, 1.807) is 12.4 Å². The van der Waals surface area contributed by atoms with E-state index >= 15 is 0 Å². The van der Waals surface area contributed by atoms with Crippen LogP contribution in [0.1, 0.15) is 19.8 Å². The lowest BCUT2D eigenvalue weighted by molar-refractivity contribution is 0.214. The fourth-order valence-corrected chi connectivity index (χ4v) is 3.49. The lowest BCUT2D eigenvalue weighted by Gasteiger charge is -2.19. The summed E-state index contributed by atoms with van der Waals surface area (Å²) in [6.07, 6.45) is 5.38. The minimum atomic E-state index is 0.0757. The van der Waals surface area contributed by atoms with Crippen molar-refractivity contribution >= 4 is 11.7 Å². The van der Waals surface area contributed by atoms with Crippen molar-refractivity contribution in [2.24, 2.45) is 5.92 Å². The Morgan fingerprint density at radius 2 is 1.93 bits per heavy atom. The highest BCUT2D eigenvalue weighted by molar-refractivity contribution is 5.93. The van der Waals surface area contributed by atoms with Gasteiger partial charge in [0.15, 0.2) is 0 Å². The molecule has 9 heteroatoms. The van der Waals surface area contributed by atoms with Gasteiger partial charge in [0.1, 0.15) is 5.75 Å². The second-order valence-corrected chi connectivity index (χ2v) is 7.44. The maximum Gasteiger partial charge on any atom is 0.324 e. The quantitative estimate of drug-likeness (QED) is 0.585. The zero-order valence-electron chi connectivity index (χ0n) is 16.9.